The third kappa shape index (κ3) is 4.07. The Bertz CT molecular complexity index is 885. The second-order valence-electron chi connectivity index (χ2n) is 6.30. The van der Waals surface area contributed by atoms with E-state index >= 15 is 0 Å². The first-order valence-electron chi connectivity index (χ1n) is 8.48. The summed E-state index contributed by atoms with van der Waals surface area (Å²) in [7, 11) is -3.64. The molecule has 0 aliphatic carbocycles. The minimum atomic E-state index is -3.64. The number of ether oxygens (including phenoxy) is 1. The number of carbonyl (C=O) groups is 3. The Morgan fingerprint density at radius 1 is 1.22 bits per heavy atom. The molecular formula is C17H19BrN2O6S. The summed E-state index contributed by atoms with van der Waals surface area (Å²) in [5.41, 5.74) is 0.676. The lowest BCUT2D eigenvalue weighted by Gasteiger charge is -2.29. The molecular weight excluding hydrogens is 440 g/mol. The molecule has 1 aromatic rings. The lowest BCUT2D eigenvalue weighted by Crippen LogP contribution is -2.52. The highest BCUT2D eigenvalue weighted by molar-refractivity contribution is 9.09. The summed E-state index contributed by atoms with van der Waals surface area (Å²) in [4.78, 5) is 37.6. The van der Waals surface area contributed by atoms with E-state index in [-0.39, 0.29) is 48.1 Å². The maximum absolute atomic E-state index is 12.7. The summed E-state index contributed by atoms with van der Waals surface area (Å²) >= 11 is 3.20. The molecule has 1 atom stereocenters. The molecule has 1 aromatic carbocycles. The van der Waals surface area contributed by atoms with Crippen LogP contribution < -0.4 is 5.32 Å². The normalized spacial score (nSPS) is 20.0. The Morgan fingerprint density at radius 3 is 2.70 bits per heavy atom. The quantitative estimate of drug-likeness (QED) is 0.364. The van der Waals surface area contributed by atoms with Crippen molar-refractivity contribution < 1.29 is 27.5 Å². The molecule has 2 aliphatic heterocycles. The Morgan fingerprint density at radius 2 is 2.00 bits per heavy atom. The fraction of sp³-hybridized carbons (Fsp3) is 0.471. The van der Waals surface area contributed by atoms with Gasteiger partial charge in [-0.2, -0.15) is 0 Å². The van der Waals surface area contributed by atoms with Crippen LogP contribution in [0.2, 0.25) is 0 Å². The van der Waals surface area contributed by atoms with Gasteiger partial charge in [-0.25, -0.2) is 8.42 Å². The molecule has 1 unspecified atom stereocenters. The molecule has 0 bridgehead atoms. The molecule has 0 spiro atoms. The predicted octanol–water partition coefficient (Wildman–Crippen LogP) is 0.633. The van der Waals surface area contributed by atoms with E-state index in [0.29, 0.717) is 17.5 Å². The van der Waals surface area contributed by atoms with Crippen molar-refractivity contribution in [1.82, 2.24) is 10.2 Å². The van der Waals surface area contributed by atoms with Gasteiger partial charge in [-0.1, -0.05) is 22.0 Å². The van der Waals surface area contributed by atoms with Crippen molar-refractivity contribution in [2.45, 2.75) is 30.3 Å². The highest BCUT2D eigenvalue weighted by Crippen LogP contribution is 2.32. The first-order chi connectivity index (χ1) is 12.8. The van der Waals surface area contributed by atoms with Crippen LogP contribution in [0.1, 0.15) is 28.8 Å². The zero-order valence-corrected chi connectivity index (χ0v) is 16.8. The van der Waals surface area contributed by atoms with Crippen LogP contribution in [0.5, 0.6) is 0 Å². The molecule has 146 valence electrons. The summed E-state index contributed by atoms with van der Waals surface area (Å²) in [5.74, 6) is -1.48. The van der Waals surface area contributed by atoms with E-state index in [2.05, 4.69) is 21.2 Å². The van der Waals surface area contributed by atoms with Crippen LogP contribution in [-0.2, 0) is 30.7 Å². The number of nitrogens with zero attached hydrogens (tertiary/aromatic N) is 1. The third-order valence-electron chi connectivity index (χ3n) is 4.59. The fourth-order valence-electron chi connectivity index (χ4n) is 3.28. The van der Waals surface area contributed by atoms with Crippen LogP contribution in [0.25, 0.3) is 0 Å². The monoisotopic (exact) mass is 458 g/mol. The number of nitrogens with one attached hydrogen (secondary N) is 1. The van der Waals surface area contributed by atoms with Gasteiger partial charge in [0.2, 0.25) is 11.8 Å². The standard InChI is InChI=1S/C17H19BrN2O6S/c18-6-7-26-8-9-27(24,25)14-3-1-2-11-12(14)10-20(17(11)23)13-4-5-15(21)19-16(13)22/h1-3,13H,4-10H2,(H,19,21,22). The summed E-state index contributed by atoms with van der Waals surface area (Å²) < 4.78 is 30.6. The van der Waals surface area contributed by atoms with Crippen molar-refractivity contribution in [1.29, 1.82) is 0 Å². The summed E-state index contributed by atoms with van der Waals surface area (Å²) in [6.45, 7) is 0.491. The van der Waals surface area contributed by atoms with E-state index in [9.17, 15) is 22.8 Å². The van der Waals surface area contributed by atoms with Gasteiger partial charge in [0.15, 0.2) is 9.84 Å². The van der Waals surface area contributed by atoms with Gasteiger partial charge >= 0.3 is 0 Å². The lowest BCUT2D eigenvalue weighted by molar-refractivity contribution is -0.136. The van der Waals surface area contributed by atoms with Gasteiger partial charge in [0.05, 0.1) is 23.9 Å². The smallest absolute Gasteiger partial charge is 0.255 e. The number of benzene rings is 1. The minimum Gasteiger partial charge on any atom is -0.380 e. The van der Waals surface area contributed by atoms with Gasteiger partial charge in [-0.15, -0.1) is 0 Å². The van der Waals surface area contributed by atoms with Crippen LogP contribution in [0.3, 0.4) is 0 Å². The number of amides is 3. The average Bonchev–Trinajstić information content (AvgIpc) is 2.95. The molecule has 0 aromatic heterocycles. The average molecular weight is 459 g/mol. The van der Waals surface area contributed by atoms with Gasteiger partial charge in [0.1, 0.15) is 6.04 Å². The van der Waals surface area contributed by atoms with Gasteiger partial charge in [0, 0.05) is 29.4 Å². The fourth-order valence-corrected chi connectivity index (χ4v) is 4.91. The molecule has 2 aliphatic rings. The first kappa shape index (κ1) is 20.0. The molecule has 10 heteroatoms. The van der Waals surface area contributed by atoms with Crippen LogP contribution >= 0.6 is 15.9 Å². The Labute approximate surface area is 165 Å². The zero-order valence-electron chi connectivity index (χ0n) is 14.4. The molecule has 8 nitrogen and oxygen atoms in total. The van der Waals surface area contributed by atoms with Crippen molar-refractivity contribution in [3.63, 3.8) is 0 Å². The van der Waals surface area contributed by atoms with Crippen molar-refractivity contribution in [2.75, 3.05) is 24.3 Å². The van der Waals surface area contributed by atoms with Gasteiger partial charge in [-0.05, 0) is 18.6 Å². The van der Waals surface area contributed by atoms with E-state index in [1.54, 1.807) is 6.07 Å². The van der Waals surface area contributed by atoms with E-state index in [1.807, 2.05) is 0 Å². The third-order valence-corrected chi connectivity index (χ3v) is 6.67. The molecule has 1 N–H and O–H groups in total. The van der Waals surface area contributed by atoms with Crippen molar-refractivity contribution in [3.05, 3.63) is 29.3 Å². The van der Waals surface area contributed by atoms with E-state index in [4.69, 9.17) is 4.74 Å². The Balaban J connectivity index is 1.83. The first-order valence-corrected chi connectivity index (χ1v) is 11.3. The number of rotatable bonds is 7. The summed E-state index contributed by atoms with van der Waals surface area (Å²) in [5, 5.41) is 2.84. The number of imide groups is 1. The number of hydrogen-bond donors (Lipinski definition) is 1. The number of alkyl halides is 1. The van der Waals surface area contributed by atoms with Crippen molar-refractivity contribution >= 4 is 43.5 Å². The maximum Gasteiger partial charge on any atom is 0.255 e. The predicted molar refractivity (Wildman–Crippen MR) is 99.2 cm³/mol. The van der Waals surface area contributed by atoms with Gasteiger partial charge < -0.3 is 9.64 Å². The van der Waals surface area contributed by atoms with Gasteiger partial charge in [-0.3, -0.25) is 19.7 Å². The van der Waals surface area contributed by atoms with E-state index in [1.165, 1.54) is 17.0 Å². The second kappa shape index (κ2) is 8.07. The molecule has 3 amide bonds. The number of sulfone groups is 1. The van der Waals surface area contributed by atoms with Crippen LogP contribution in [0.4, 0.5) is 0 Å². The number of halogens is 1. The highest BCUT2D eigenvalue weighted by atomic mass is 79.9. The zero-order chi connectivity index (χ0) is 19.6. The summed E-state index contributed by atoms with van der Waals surface area (Å²) in [6, 6.07) is 3.78. The second-order valence-corrected chi connectivity index (χ2v) is 9.17. The molecule has 1 fully saturated rings. The van der Waals surface area contributed by atoms with Crippen molar-refractivity contribution in [3.8, 4) is 0 Å². The Hall–Kier alpha value is -1.78. The summed E-state index contributed by atoms with van der Waals surface area (Å²) in [6.07, 6.45) is 0.374. The molecule has 1 saturated heterocycles. The number of fused-ring (bicyclic) bond motifs is 1. The molecule has 27 heavy (non-hydrogen) atoms. The molecule has 2 heterocycles. The van der Waals surface area contributed by atoms with Crippen LogP contribution in [-0.4, -0.2) is 61.4 Å². The Kier molecular flexibility index (Phi) is 5.97. The number of carbonyl (C=O) groups excluding carboxylic acids is 3. The largest absolute Gasteiger partial charge is 0.380 e. The maximum atomic E-state index is 12.7. The number of hydrogen-bond acceptors (Lipinski definition) is 6. The van der Waals surface area contributed by atoms with Crippen LogP contribution in [0, 0.1) is 0 Å². The van der Waals surface area contributed by atoms with Gasteiger partial charge in [0.25, 0.3) is 5.91 Å². The minimum absolute atomic E-state index is 0.0259. The SMILES string of the molecule is O=C1CCC(N2Cc3c(cccc3S(=O)(=O)CCOCCBr)C2=O)C(=O)N1. The van der Waals surface area contributed by atoms with E-state index in [0.717, 1.165) is 0 Å². The number of piperidine rings is 1. The molecule has 0 radical (unpaired) electrons. The lowest BCUT2D eigenvalue weighted by atomic mass is 10.0. The van der Waals surface area contributed by atoms with Crippen molar-refractivity contribution in [2.24, 2.45) is 0 Å². The highest BCUT2D eigenvalue weighted by Gasteiger charge is 2.40. The van der Waals surface area contributed by atoms with Crippen LogP contribution in [0.15, 0.2) is 23.1 Å². The molecule has 0 saturated carbocycles. The van der Waals surface area contributed by atoms with E-state index < -0.39 is 27.7 Å². The molecule has 3 rings (SSSR count). The topological polar surface area (TPSA) is 110 Å².